The van der Waals surface area contributed by atoms with E-state index in [9.17, 15) is 9.90 Å². The Kier molecular flexibility index (Phi) is 4.13. The molecule has 3 N–H and O–H groups in total. The number of H-pyrrole nitrogens is 1. The molecule has 0 aromatic carbocycles. The van der Waals surface area contributed by atoms with Crippen molar-refractivity contribution in [2.75, 3.05) is 6.54 Å². The summed E-state index contributed by atoms with van der Waals surface area (Å²) in [4.78, 5) is 16.2. The number of aromatic nitrogens is 3. The lowest BCUT2D eigenvalue weighted by Crippen LogP contribution is -2.44. The second-order valence-electron chi connectivity index (χ2n) is 6.73. The van der Waals surface area contributed by atoms with Gasteiger partial charge in [0.2, 0.25) is 5.82 Å². The van der Waals surface area contributed by atoms with Crippen molar-refractivity contribution in [2.45, 2.75) is 63.9 Å². The van der Waals surface area contributed by atoms with E-state index in [2.05, 4.69) is 20.5 Å². The predicted molar refractivity (Wildman–Crippen MR) is 75.5 cm³/mol. The molecule has 0 unspecified atom stereocenters. The van der Waals surface area contributed by atoms with E-state index < -0.39 is 5.60 Å². The number of nitrogens with zero attached hydrogens (tertiary/aromatic N) is 2. The van der Waals surface area contributed by atoms with Crippen LogP contribution < -0.4 is 5.32 Å². The molecule has 0 spiro atoms. The van der Waals surface area contributed by atoms with E-state index >= 15 is 0 Å². The van der Waals surface area contributed by atoms with Gasteiger partial charge in [0.05, 0.1) is 5.60 Å². The molecule has 0 bridgehead atoms. The summed E-state index contributed by atoms with van der Waals surface area (Å²) in [6.45, 7) is 6.27. The molecule has 1 aliphatic carbocycles. The topological polar surface area (TPSA) is 90.9 Å². The Hall–Kier alpha value is -1.43. The average molecular weight is 280 g/mol. The normalized spacial score (nSPS) is 18.8. The summed E-state index contributed by atoms with van der Waals surface area (Å²) in [5.41, 5.74) is -0.940. The molecule has 6 heteroatoms. The minimum Gasteiger partial charge on any atom is -0.388 e. The highest BCUT2D eigenvalue weighted by atomic mass is 16.3. The molecular formula is C14H24N4O2. The van der Waals surface area contributed by atoms with Gasteiger partial charge in [-0.2, -0.15) is 0 Å². The molecule has 1 aromatic heterocycles. The largest absolute Gasteiger partial charge is 0.388 e. The number of hydrogen-bond donors (Lipinski definition) is 3. The maximum absolute atomic E-state index is 12.0. The van der Waals surface area contributed by atoms with Crippen molar-refractivity contribution >= 4 is 5.91 Å². The van der Waals surface area contributed by atoms with Gasteiger partial charge in [0.1, 0.15) is 5.82 Å². The Balaban J connectivity index is 1.93. The fourth-order valence-corrected chi connectivity index (χ4v) is 2.41. The number of rotatable bonds is 3. The van der Waals surface area contributed by atoms with Gasteiger partial charge in [-0.1, -0.05) is 40.0 Å². The molecule has 0 aliphatic heterocycles. The molecule has 0 saturated heterocycles. The van der Waals surface area contributed by atoms with Crippen molar-refractivity contribution in [3.8, 4) is 0 Å². The van der Waals surface area contributed by atoms with Crippen molar-refractivity contribution in [2.24, 2.45) is 0 Å². The maximum atomic E-state index is 12.0. The van der Waals surface area contributed by atoms with Crippen LogP contribution in [-0.4, -0.2) is 38.3 Å². The van der Waals surface area contributed by atoms with Crippen LogP contribution in [0, 0.1) is 0 Å². The van der Waals surface area contributed by atoms with Gasteiger partial charge in [-0.3, -0.25) is 9.89 Å². The van der Waals surface area contributed by atoms with Gasteiger partial charge in [-0.25, -0.2) is 4.98 Å². The first-order valence-corrected chi connectivity index (χ1v) is 7.24. The van der Waals surface area contributed by atoms with Gasteiger partial charge in [-0.15, -0.1) is 5.10 Å². The fraction of sp³-hybridized carbons (Fsp3) is 0.786. The van der Waals surface area contributed by atoms with Crippen LogP contribution >= 0.6 is 0 Å². The van der Waals surface area contributed by atoms with Crippen molar-refractivity contribution < 1.29 is 9.90 Å². The molecule has 0 radical (unpaired) electrons. The molecule has 1 heterocycles. The Bertz CT molecular complexity index is 470. The number of carbonyl (C=O) groups excluding carboxylic acids is 1. The van der Waals surface area contributed by atoms with Gasteiger partial charge >= 0.3 is 0 Å². The molecule has 2 rings (SSSR count). The highest BCUT2D eigenvalue weighted by molar-refractivity contribution is 5.90. The van der Waals surface area contributed by atoms with E-state index in [0.29, 0.717) is 5.82 Å². The van der Waals surface area contributed by atoms with Crippen LogP contribution in [0.3, 0.4) is 0 Å². The van der Waals surface area contributed by atoms with Gasteiger partial charge < -0.3 is 10.4 Å². The molecule has 1 saturated carbocycles. The molecule has 1 aromatic rings. The van der Waals surface area contributed by atoms with Crippen molar-refractivity contribution in [1.82, 2.24) is 20.5 Å². The zero-order chi connectivity index (χ0) is 14.8. The Morgan fingerprint density at radius 2 is 2.00 bits per heavy atom. The molecule has 6 nitrogen and oxygen atoms in total. The SMILES string of the molecule is CC(C)(C)c1nc(C(=O)NCC2(O)CCCCC2)n[nH]1. The standard InChI is InChI=1S/C14H24N4O2/c1-13(2,3)12-16-10(17-18-12)11(19)15-9-14(20)7-5-4-6-8-14/h20H,4-9H2,1-3H3,(H,15,19)(H,16,17,18). The molecule has 20 heavy (non-hydrogen) atoms. The van der Waals surface area contributed by atoms with E-state index in [4.69, 9.17) is 0 Å². The van der Waals surface area contributed by atoms with Gasteiger partial charge in [0, 0.05) is 12.0 Å². The second kappa shape index (κ2) is 5.52. The number of carbonyl (C=O) groups is 1. The minimum atomic E-state index is -0.767. The van der Waals surface area contributed by atoms with E-state index in [1.54, 1.807) is 0 Å². The maximum Gasteiger partial charge on any atom is 0.291 e. The second-order valence-corrected chi connectivity index (χ2v) is 6.73. The average Bonchev–Trinajstić information content (AvgIpc) is 2.86. The van der Waals surface area contributed by atoms with Crippen molar-refractivity contribution in [1.29, 1.82) is 0 Å². The summed E-state index contributed by atoms with van der Waals surface area (Å²) in [6, 6.07) is 0. The summed E-state index contributed by atoms with van der Waals surface area (Å²) < 4.78 is 0. The summed E-state index contributed by atoms with van der Waals surface area (Å²) >= 11 is 0. The summed E-state index contributed by atoms with van der Waals surface area (Å²) in [5, 5.41) is 19.8. The quantitative estimate of drug-likeness (QED) is 0.783. The lowest BCUT2D eigenvalue weighted by Gasteiger charge is -2.31. The third-order valence-corrected chi connectivity index (χ3v) is 3.76. The monoisotopic (exact) mass is 280 g/mol. The third-order valence-electron chi connectivity index (χ3n) is 3.76. The molecule has 1 aliphatic rings. The molecule has 1 fully saturated rings. The van der Waals surface area contributed by atoms with Gasteiger partial charge in [-0.05, 0) is 12.8 Å². The van der Waals surface area contributed by atoms with Crippen LogP contribution in [-0.2, 0) is 5.41 Å². The molecule has 0 atom stereocenters. The third kappa shape index (κ3) is 3.56. The first kappa shape index (κ1) is 15.0. The van der Waals surface area contributed by atoms with Crippen LogP contribution in [0.15, 0.2) is 0 Å². The first-order valence-electron chi connectivity index (χ1n) is 7.24. The van der Waals surface area contributed by atoms with Gasteiger partial charge in [0.25, 0.3) is 5.91 Å². The Morgan fingerprint density at radius 1 is 1.35 bits per heavy atom. The number of hydrogen-bond acceptors (Lipinski definition) is 4. The zero-order valence-corrected chi connectivity index (χ0v) is 12.5. The number of aliphatic hydroxyl groups is 1. The van der Waals surface area contributed by atoms with Crippen LogP contribution in [0.1, 0.15) is 69.3 Å². The zero-order valence-electron chi connectivity index (χ0n) is 12.5. The van der Waals surface area contributed by atoms with Crippen molar-refractivity contribution in [3.05, 3.63) is 11.6 Å². The summed E-state index contributed by atoms with van der Waals surface area (Å²) in [7, 11) is 0. The van der Waals surface area contributed by atoms with E-state index in [0.717, 1.165) is 32.1 Å². The molecule has 112 valence electrons. The summed E-state index contributed by atoms with van der Waals surface area (Å²) in [5.74, 6) is 0.476. The predicted octanol–water partition coefficient (Wildman–Crippen LogP) is 1.53. The van der Waals surface area contributed by atoms with Crippen LogP contribution in [0.25, 0.3) is 0 Å². The van der Waals surface area contributed by atoms with E-state index in [-0.39, 0.29) is 23.7 Å². The first-order chi connectivity index (χ1) is 9.30. The number of nitrogens with one attached hydrogen (secondary N) is 2. The molecular weight excluding hydrogens is 256 g/mol. The van der Waals surface area contributed by atoms with Crippen LogP contribution in [0.2, 0.25) is 0 Å². The highest BCUT2D eigenvalue weighted by Gasteiger charge is 2.30. The van der Waals surface area contributed by atoms with E-state index in [1.807, 2.05) is 20.8 Å². The highest BCUT2D eigenvalue weighted by Crippen LogP contribution is 2.27. The Morgan fingerprint density at radius 3 is 2.55 bits per heavy atom. The summed E-state index contributed by atoms with van der Waals surface area (Å²) in [6.07, 6.45) is 4.68. The lowest BCUT2D eigenvalue weighted by atomic mass is 9.85. The minimum absolute atomic E-state index is 0.134. The smallest absolute Gasteiger partial charge is 0.291 e. The number of amides is 1. The van der Waals surface area contributed by atoms with Gasteiger partial charge in [0.15, 0.2) is 0 Å². The lowest BCUT2D eigenvalue weighted by molar-refractivity contribution is 0.00516. The Labute approximate surface area is 119 Å². The number of aromatic amines is 1. The molecule has 1 amide bonds. The van der Waals surface area contributed by atoms with Crippen molar-refractivity contribution in [3.63, 3.8) is 0 Å². The van der Waals surface area contributed by atoms with Crippen LogP contribution in [0.4, 0.5) is 0 Å². The van der Waals surface area contributed by atoms with E-state index in [1.165, 1.54) is 0 Å². The van der Waals surface area contributed by atoms with Crippen LogP contribution in [0.5, 0.6) is 0 Å². The fourth-order valence-electron chi connectivity index (χ4n) is 2.41.